The lowest BCUT2D eigenvalue weighted by Gasteiger charge is -2.48. The van der Waals surface area contributed by atoms with E-state index in [4.69, 9.17) is 4.74 Å². The van der Waals surface area contributed by atoms with Gasteiger partial charge in [-0.15, -0.1) is 0 Å². The summed E-state index contributed by atoms with van der Waals surface area (Å²) in [5, 5.41) is 0. The lowest BCUT2D eigenvalue weighted by Crippen LogP contribution is -2.46. The van der Waals surface area contributed by atoms with Crippen LogP contribution in [0.2, 0.25) is 0 Å². The van der Waals surface area contributed by atoms with Gasteiger partial charge in [0.05, 0.1) is 5.60 Å². The van der Waals surface area contributed by atoms with Crippen LogP contribution in [-0.2, 0) is 16.1 Å². The van der Waals surface area contributed by atoms with Crippen LogP contribution in [0.3, 0.4) is 0 Å². The summed E-state index contributed by atoms with van der Waals surface area (Å²) in [5.41, 5.74) is 1.38. The average molecular weight is 331 g/mol. The molecule has 1 aromatic carbocycles. The van der Waals surface area contributed by atoms with Gasteiger partial charge in [-0.3, -0.25) is 4.79 Å². The first-order chi connectivity index (χ1) is 11.2. The normalized spacial score (nSPS) is 23.2. The molecule has 1 fully saturated rings. The Bertz CT molecular complexity index is 538. The third-order valence-corrected chi connectivity index (χ3v) is 5.64. The second-order valence-electron chi connectivity index (χ2n) is 8.23. The molecule has 3 heteroatoms. The summed E-state index contributed by atoms with van der Waals surface area (Å²) in [6.45, 7) is 13.0. The molecule has 1 heterocycles. The van der Waals surface area contributed by atoms with Gasteiger partial charge in [0.2, 0.25) is 5.91 Å². The molecular formula is C21H33NO2. The third kappa shape index (κ3) is 4.83. The van der Waals surface area contributed by atoms with E-state index in [1.165, 1.54) is 5.56 Å². The Hall–Kier alpha value is -1.35. The van der Waals surface area contributed by atoms with Crippen molar-refractivity contribution in [1.29, 1.82) is 0 Å². The second-order valence-corrected chi connectivity index (χ2v) is 8.23. The first-order valence-corrected chi connectivity index (χ1v) is 9.17. The average Bonchev–Trinajstić information content (AvgIpc) is 2.51. The molecule has 0 bridgehead atoms. The number of nitrogens with zero attached hydrogens (tertiary/aromatic N) is 1. The number of hydrogen-bond acceptors (Lipinski definition) is 2. The second kappa shape index (κ2) is 7.69. The smallest absolute Gasteiger partial charge is 0.219 e. The minimum atomic E-state index is -0.0665. The van der Waals surface area contributed by atoms with Gasteiger partial charge in [-0.2, -0.15) is 0 Å². The molecule has 0 saturated carbocycles. The maximum atomic E-state index is 12.1. The summed E-state index contributed by atoms with van der Waals surface area (Å²) in [5.74, 6) is 0.746. The molecule has 0 N–H and O–H groups in total. The van der Waals surface area contributed by atoms with Crippen LogP contribution in [0.1, 0.15) is 59.4 Å². The molecule has 24 heavy (non-hydrogen) atoms. The topological polar surface area (TPSA) is 29.5 Å². The van der Waals surface area contributed by atoms with Crippen LogP contribution in [0.4, 0.5) is 0 Å². The van der Waals surface area contributed by atoms with E-state index in [0.717, 1.165) is 32.4 Å². The molecule has 1 aliphatic heterocycles. The van der Waals surface area contributed by atoms with Gasteiger partial charge in [-0.1, -0.05) is 44.2 Å². The fourth-order valence-corrected chi connectivity index (χ4v) is 4.02. The summed E-state index contributed by atoms with van der Waals surface area (Å²) >= 11 is 0. The third-order valence-electron chi connectivity index (χ3n) is 5.64. The van der Waals surface area contributed by atoms with E-state index in [1.54, 1.807) is 6.92 Å². The van der Waals surface area contributed by atoms with Crippen LogP contribution in [-0.4, -0.2) is 29.6 Å². The fourth-order valence-electron chi connectivity index (χ4n) is 4.02. The Morgan fingerprint density at radius 1 is 1.25 bits per heavy atom. The van der Waals surface area contributed by atoms with Crippen molar-refractivity contribution in [3.63, 3.8) is 0 Å². The zero-order valence-electron chi connectivity index (χ0n) is 16.0. The van der Waals surface area contributed by atoms with Gasteiger partial charge in [0, 0.05) is 26.6 Å². The number of rotatable bonds is 6. The molecule has 1 saturated heterocycles. The van der Waals surface area contributed by atoms with Crippen LogP contribution < -0.4 is 0 Å². The lowest BCUT2D eigenvalue weighted by molar-refractivity contribution is -0.134. The SMILES string of the molecule is CC(=O)N(CCC1(C(C)C)CCOC(C)(C)C1)Cc1ccccc1. The number of amides is 1. The molecule has 1 amide bonds. The molecule has 1 atom stereocenters. The van der Waals surface area contributed by atoms with Crippen molar-refractivity contribution in [1.82, 2.24) is 4.90 Å². The molecule has 0 aliphatic carbocycles. The summed E-state index contributed by atoms with van der Waals surface area (Å²) in [7, 11) is 0. The Kier molecular flexibility index (Phi) is 6.08. The van der Waals surface area contributed by atoms with Crippen molar-refractivity contribution >= 4 is 5.91 Å². The lowest BCUT2D eigenvalue weighted by atomic mass is 9.65. The van der Waals surface area contributed by atoms with Crippen molar-refractivity contribution in [2.24, 2.45) is 11.3 Å². The van der Waals surface area contributed by atoms with Gasteiger partial charge in [0.25, 0.3) is 0 Å². The molecule has 2 rings (SSSR count). The number of ether oxygens (including phenoxy) is 1. The molecule has 134 valence electrons. The highest BCUT2D eigenvalue weighted by Crippen LogP contribution is 2.46. The van der Waals surface area contributed by atoms with E-state index in [0.29, 0.717) is 12.5 Å². The van der Waals surface area contributed by atoms with Crippen molar-refractivity contribution in [3.05, 3.63) is 35.9 Å². The van der Waals surface area contributed by atoms with Crippen molar-refractivity contribution in [2.75, 3.05) is 13.2 Å². The summed E-state index contributed by atoms with van der Waals surface area (Å²) in [6.07, 6.45) is 3.20. The number of carbonyl (C=O) groups excluding carboxylic acids is 1. The molecule has 1 aromatic rings. The van der Waals surface area contributed by atoms with E-state index in [2.05, 4.69) is 39.8 Å². The molecule has 1 aliphatic rings. The monoisotopic (exact) mass is 331 g/mol. The highest BCUT2D eigenvalue weighted by atomic mass is 16.5. The maximum absolute atomic E-state index is 12.1. The minimum absolute atomic E-state index is 0.0665. The van der Waals surface area contributed by atoms with Crippen LogP contribution in [0.5, 0.6) is 0 Å². The van der Waals surface area contributed by atoms with Crippen LogP contribution in [0.25, 0.3) is 0 Å². The Morgan fingerprint density at radius 2 is 1.92 bits per heavy atom. The van der Waals surface area contributed by atoms with E-state index >= 15 is 0 Å². The molecule has 1 unspecified atom stereocenters. The first-order valence-electron chi connectivity index (χ1n) is 9.17. The standard InChI is InChI=1S/C21H33NO2/c1-17(2)21(12-14-24-20(4,5)16-21)11-13-22(18(3)23)15-19-9-7-6-8-10-19/h6-10,17H,11-16H2,1-5H3. The van der Waals surface area contributed by atoms with E-state index in [-0.39, 0.29) is 16.9 Å². The quantitative estimate of drug-likeness (QED) is 0.759. The largest absolute Gasteiger partial charge is 0.376 e. The van der Waals surface area contributed by atoms with E-state index in [1.807, 2.05) is 23.1 Å². The molecule has 3 nitrogen and oxygen atoms in total. The van der Waals surface area contributed by atoms with Crippen LogP contribution in [0, 0.1) is 11.3 Å². The minimum Gasteiger partial charge on any atom is -0.376 e. The zero-order chi connectivity index (χ0) is 17.8. The Balaban J connectivity index is 2.07. The Labute approximate surface area is 147 Å². The first kappa shape index (κ1) is 19.0. The molecule has 0 radical (unpaired) electrons. The maximum Gasteiger partial charge on any atom is 0.219 e. The summed E-state index contributed by atoms with van der Waals surface area (Å²) < 4.78 is 5.94. The number of carbonyl (C=O) groups is 1. The number of benzene rings is 1. The van der Waals surface area contributed by atoms with Crippen molar-refractivity contribution in [3.8, 4) is 0 Å². The highest BCUT2D eigenvalue weighted by molar-refractivity contribution is 5.73. The summed E-state index contributed by atoms with van der Waals surface area (Å²) in [4.78, 5) is 14.1. The number of hydrogen-bond donors (Lipinski definition) is 0. The van der Waals surface area contributed by atoms with Gasteiger partial charge in [-0.25, -0.2) is 0 Å². The predicted octanol–water partition coefficient (Wildman–Crippen LogP) is 4.66. The van der Waals surface area contributed by atoms with E-state index < -0.39 is 0 Å². The van der Waals surface area contributed by atoms with Gasteiger partial charge in [-0.05, 0) is 50.0 Å². The van der Waals surface area contributed by atoms with Crippen molar-refractivity contribution in [2.45, 2.75) is 66.0 Å². The van der Waals surface area contributed by atoms with Gasteiger partial charge in [0.15, 0.2) is 0 Å². The molecular weight excluding hydrogens is 298 g/mol. The van der Waals surface area contributed by atoms with Gasteiger partial charge in [0.1, 0.15) is 0 Å². The summed E-state index contributed by atoms with van der Waals surface area (Å²) in [6, 6.07) is 10.3. The van der Waals surface area contributed by atoms with Crippen molar-refractivity contribution < 1.29 is 9.53 Å². The van der Waals surface area contributed by atoms with Gasteiger partial charge < -0.3 is 9.64 Å². The van der Waals surface area contributed by atoms with E-state index in [9.17, 15) is 4.79 Å². The predicted molar refractivity (Wildman–Crippen MR) is 98.7 cm³/mol. The Morgan fingerprint density at radius 3 is 2.46 bits per heavy atom. The van der Waals surface area contributed by atoms with Crippen LogP contribution in [0.15, 0.2) is 30.3 Å². The van der Waals surface area contributed by atoms with Crippen LogP contribution >= 0.6 is 0 Å². The molecule has 0 spiro atoms. The van der Waals surface area contributed by atoms with Gasteiger partial charge >= 0.3 is 0 Å². The zero-order valence-corrected chi connectivity index (χ0v) is 16.0. The molecule has 0 aromatic heterocycles. The highest BCUT2D eigenvalue weighted by Gasteiger charge is 2.42. The fraction of sp³-hybridized carbons (Fsp3) is 0.667.